The Bertz CT molecular complexity index is 866. The highest BCUT2D eigenvalue weighted by atomic mass is 32.2. The molecular formula is C19H23N3O2S. The van der Waals surface area contributed by atoms with Crippen LogP contribution in [-0.4, -0.2) is 21.2 Å². The fraction of sp³-hybridized carbons (Fsp3) is 0.421. The molecule has 0 saturated heterocycles. The van der Waals surface area contributed by atoms with Crippen molar-refractivity contribution in [2.45, 2.75) is 51.7 Å². The molecule has 0 radical (unpaired) electrons. The van der Waals surface area contributed by atoms with Gasteiger partial charge in [0.25, 0.3) is 5.56 Å². The number of nitrogens with zero attached hydrogens (tertiary/aromatic N) is 2. The van der Waals surface area contributed by atoms with E-state index < -0.39 is 0 Å². The molecule has 1 N–H and O–H groups in total. The smallest absolute Gasteiger partial charge is 0.254 e. The molecule has 6 heteroatoms. The van der Waals surface area contributed by atoms with Crippen LogP contribution in [0.15, 0.2) is 28.2 Å². The van der Waals surface area contributed by atoms with E-state index in [1.807, 2.05) is 27.7 Å². The maximum absolute atomic E-state index is 12.5. The first-order valence-corrected chi connectivity index (χ1v) is 9.50. The summed E-state index contributed by atoms with van der Waals surface area (Å²) in [4.78, 5) is 29.4. The van der Waals surface area contributed by atoms with Gasteiger partial charge in [0.15, 0.2) is 5.16 Å². The molecule has 0 aliphatic carbocycles. The monoisotopic (exact) mass is 357 g/mol. The zero-order valence-electron chi connectivity index (χ0n) is 15.0. The van der Waals surface area contributed by atoms with Crippen LogP contribution in [0.4, 0.5) is 5.69 Å². The van der Waals surface area contributed by atoms with Gasteiger partial charge in [-0.3, -0.25) is 14.2 Å². The predicted octanol–water partition coefficient (Wildman–Crippen LogP) is 3.41. The average molecular weight is 357 g/mol. The molecule has 5 nitrogen and oxygen atoms in total. The van der Waals surface area contributed by atoms with Gasteiger partial charge < -0.3 is 5.32 Å². The summed E-state index contributed by atoms with van der Waals surface area (Å²) in [5, 5.41) is 3.75. The second kappa shape index (κ2) is 7.04. The fourth-order valence-corrected chi connectivity index (χ4v) is 4.48. The highest BCUT2D eigenvalue weighted by Crippen LogP contribution is 2.32. The first-order valence-electron chi connectivity index (χ1n) is 8.52. The third-order valence-corrected chi connectivity index (χ3v) is 5.57. The Kier molecular flexibility index (Phi) is 4.99. The van der Waals surface area contributed by atoms with Crippen LogP contribution < -0.4 is 10.9 Å². The molecule has 1 unspecified atom stereocenters. The summed E-state index contributed by atoms with van der Waals surface area (Å²) in [7, 11) is 0. The van der Waals surface area contributed by atoms with Gasteiger partial charge >= 0.3 is 0 Å². The number of aryl methyl sites for hydroxylation is 4. The van der Waals surface area contributed by atoms with Gasteiger partial charge in [-0.15, -0.1) is 0 Å². The first kappa shape index (κ1) is 17.7. The van der Waals surface area contributed by atoms with E-state index in [1.54, 1.807) is 22.4 Å². The van der Waals surface area contributed by atoms with Crippen LogP contribution in [0.1, 0.15) is 41.8 Å². The van der Waals surface area contributed by atoms with Crippen LogP contribution in [0.5, 0.6) is 0 Å². The van der Waals surface area contributed by atoms with Crippen molar-refractivity contribution in [1.29, 1.82) is 0 Å². The van der Waals surface area contributed by atoms with Crippen molar-refractivity contribution in [3.8, 4) is 0 Å². The van der Waals surface area contributed by atoms with Gasteiger partial charge in [0.2, 0.25) is 5.91 Å². The number of anilines is 1. The normalized spacial score (nSPS) is 15.9. The lowest BCUT2D eigenvalue weighted by atomic mass is 10.0. The van der Waals surface area contributed by atoms with E-state index in [9.17, 15) is 9.59 Å². The van der Waals surface area contributed by atoms with Gasteiger partial charge in [-0.25, -0.2) is 4.98 Å². The van der Waals surface area contributed by atoms with Crippen molar-refractivity contribution in [3.63, 3.8) is 0 Å². The van der Waals surface area contributed by atoms with Gasteiger partial charge in [0.1, 0.15) is 0 Å². The molecule has 0 fully saturated rings. The summed E-state index contributed by atoms with van der Waals surface area (Å²) >= 11 is 1.55. The summed E-state index contributed by atoms with van der Waals surface area (Å²) in [6.07, 6.45) is 1.01. The van der Waals surface area contributed by atoms with E-state index in [-0.39, 0.29) is 23.9 Å². The number of thioether (sulfide) groups is 1. The number of nitrogens with one attached hydrogen (secondary N) is 1. The lowest BCUT2D eigenvalue weighted by Crippen LogP contribution is -2.28. The standard InChI is InChI=1S/C19H23N3O2S/c1-5-14-8-17(24)22-15(10-25-19(22)20-14)9-16(23)21-18-12(3)6-11(2)7-13(18)4/h6-8,15H,5,9-10H2,1-4H3,(H,21,23). The summed E-state index contributed by atoms with van der Waals surface area (Å²) < 4.78 is 1.66. The number of benzene rings is 1. The molecule has 1 atom stereocenters. The largest absolute Gasteiger partial charge is 0.326 e. The van der Waals surface area contributed by atoms with Crippen LogP contribution in [0.25, 0.3) is 0 Å². The maximum atomic E-state index is 12.5. The van der Waals surface area contributed by atoms with Crippen molar-refractivity contribution in [2.75, 3.05) is 11.1 Å². The fourth-order valence-electron chi connectivity index (χ4n) is 3.31. The Morgan fingerprint density at radius 1 is 1.28 bits per heavy atom. The van der Waals surface area contributed by atoms with Gasteiger partial charge in [-0.2, -0.15) is 0 Å². The summed E-state index contributed by atoms with van der Waals surface area (Å²) in [6.45, 7) is 8.02. The van der Waals surface area contributed by atoms with Crippen LogP contribution in [-0.2, 0) is 11.2 Å². The lowest BCUT2D eigenvalue weighted by Gasteiger charge is -2.16. The molecule has 1 aromatic heterocycles. The van der Waals surface area contributed by atoms with Crippen molar-refractivity contribution in [1.82, 2.24) is 9.55 Å². The quantitative estimate of drug-likeness (QED) is 0.852. The summed E-state index contributed by atoms with van der Waals surface area (Å²) in [6, 6.07) is 5.56. The summed E-state index contributed by atoms with van der Waals surface area (Å²) in [5.74, 6) is 0.634. The van der Waals surface area contributed by atoms with Gasteiger partial charge in [-0.1, -0.05) is 36.4 Å². The highest BCUT2D eigenvalue weighted by molar-refractivity contribution is 7.99. The third-order valence-electron chi connectivity index (χ3n) is 4.47. The van der Waals surface area contributed by atoms with Gasteiger partial charge in [0.05, 0.1) is 6.04 Å². The molecule has 1 aliphatic heterocycles. The molecule has 3 rings (SSSR count). The minimum atomic E-state index is -0.142. The molecule has 0 bridgehead atoms. The Labute approximate surface area is 151 Å². The Morgan fingerprint density at radius 3 is 2.60 bits per heavy atom. The zero-order valence-corrected chi connectivity index (χ0v) is 15.9. The molecule has 2 heterocycles. The topological polar surface area (TPSA) is 64.0 Å². The first-order chi connectivity index (χ1) is 11.9. The van der Waals surface area contributed by atoms with Crippen LogP contribution >= 0.6 is 11.8 Å². The van der Waals surface area contributed by atoms with Crippen molar-refractivity contribution >= 4 is 23.4 Å². The van der Waals surface area contributed by atoms with Gasteiger partial charge in [0, 0.05) is 29.6 Å². The van der Waals surface area contributed by atoms with E-state index in [0.29, 0.717) is 5.75 Å². The van der Waals surface area contributed by atoms with Crippen molar-refractivity contribution in [2.24, 2.45) is 0 Å². The number of amides is 1. The molecule has 132 valence electrons. The lowest BCUT2D eigenvalue weighted by molar-refractivity contribution is -0.116. The Hall–Kier alpha value is -2.08. The minimum absolute atomic E-state index is 0.0626. The van der Waals surface area contributed by atoms with Gasteiger partial charge in [-0.05, 0) is 38.3 Å². The van der Waals surface area contributed by atoms with E-state index in [0.717, 1.165) is 34.1 Å². The Morgan fingerprint density at radius 2 is 1.96 bits per heavy atom. The SMILES string of the molecule is CCc1cc(=O)n2c(n1)SCC2CC(=O)Nc1c(C)cc(C)cc1C. The third kappa shape index (κ3) is 3.63. The molecule has 0 spiro atoms. The molecule has 0 saturated carbocycles. The van der Waals surface area contributed by atoms with Crippen LogP contribution in [0, 0.1) is 20.8 Å². The molecule has 1 amide bonds. The molecule has 2 aromatic rings. The minimum Gasteiger partial charge on any atom is -0.326 e. The number of carbonyl (C=O) groups is 1. The van der Waals surface area contributed by atoms with E-state index >= 15 is 0 Å². The molecular weight excluding hydrogens is 334 g/mol. The summed E-state index contributed by atoms with van der Waals surface area (Å²) in [5.41, 5.74) is 4.90. The van der Waals surface area contributed by atoms with Crippen molar-refractivity contribution < 1.29 is 4.79 Å². The second-order valence-corrected chi connectivity index (χ2v) is 7.57. The van der Waals surface area contributed by atoms with Crippen LogP contribution in [0.2, 0.25) is 0 Å². The maximum Gasteiger partial charge on any atom is 0.254 e. The van der Waals surface area contributed by atoms with E-state index in [4.69, 9.17) is 0 Å². The predicted molar refractivity (Wildman–Crippen MR) is 102 cm³/mol. The number of hydrogen-bond donors (Lipinski definition) is 1. The Balaban J connectivity index is 1.77. The molecule has 25 heavy (non-hydrogen) atoms. The van der Waals surface area contributed by atoms with E-state index in [2.05, 4.69) is 22.4 Å². The number of hydrogen-bond acceptors (Lipinski definition) is 4. The highest BCUT2D eigenvalue weighted by Gasteiger charge is 2.27. The van der Waals surface area contributed by atoms with E-state index in [1.165, 1.54) is 5.56 Å². The molecule has 1 aliphatic rings. The average Bonchev–Trinajstić information content (AvgIpc) is 2.94. The second-order valence-electron chi connectivity index (χ2n) is 6.58. The number of fused-ring (bicyclic) bond motifs is 1. The number of aromatic nitrogens is 2. The van der Waals surface area contributed by atoms with Crippen molar-refractivity contribution in [3.05, 3.63) is 50.9 Å². The van der Waals surface area contributed by atoms with Crippen LogP contribution in [0.3, 0.4) is 0 Å². The molecule has 1 aromatic carbocycles. The number of rotatable bonds is 4. The zero-order chi connectivity index (χ0) is 18.1. The number of carbonyl (C=O) groups excluding carboxylic acids is 1.